The minimum atomic E-state index is -0.508. The first-order valence-electron chi connectivity index (χ1n) is 11.7. The fourth-order valence-corrected chi connectivity index (χ4v) is 5.13. The normalized spacial score (nSPS) is 14.2. The monoisotopic (exact) mass is 498 g/mol. The highest BCUT2D eigenvalue weighted by Gasteiger charge is 2.31. The lowest BCUT2D eigenvalue weighted by Crippen LogP contribution is -2.39. The molecule has 36 heavy (non-hydrogen) atoms. The average molecular weight is 499 g/mol. The number of aromatic nitrogens is 4. The summed E-state index contributed by atoms with van der Waals surface area (Å²) in [6, 6.07) is 17.9. The van der Waals surface area contributed by atoms with E-state index in [1.807, 2.05) is 34.9 Å². The third-order valence-electron chi connectivity index (χ3n) is 6.09. The van der Waals surface area contributed by atoms with Crippen LogP contribution in [0.1, 0.15) is 12.5 Å². The van der Waals surface area contributed by atoms with Crippen molar-refractivity contribution in [3.8, 4) is 22.6 Å². The molecule has 0 aliphatic carbocycles. The lowest BCUT2D eigenvalue weighted by Gasteiger charge is -2.17. The molecule has 0 radical (unpaired) electrons. The highest BCUT2D eigenvalue weighted by Crippen LogP contribution is 2.34. The van der Waals surface area contributed by atoms with E-state index >= 15 is 0 Å². The molecule has 0 unspecified atom stereocenters. The summed E-state index contributed by atoms with van der Waals surface area (Å²) in [6.07, 6.45) is 1.78. The number of amides is 3. The van der Waals surface area contributed by atoms with E-state index in [1.54, 1.807) is 13.0 Å². The topological polar surface area (TPSA) is 93.0 Å². The fraction of sp³-hybridized carbons (Fsp3) is 0.222. The predicted octanol–water partition coefficient (Wildman–Crippen LogP) is 4.69. The second-order valence-corrected chi connectivity index (χ2v) is 9.93. The molecular weight excluding hydrogens is 472 g/mol. The van der Waals surface area contributed by atoms with Gasteiger partial charge in [0.1, 0.15) is 0 Å². The van der Waals surface area contributed by atoms with Crippen molar-refractivity contribution in [2.24, 2.45) is 0 Å². The molecule has 1 aliphatic rings. The van der Waals surface area contributed by atoms with Gasteiger partial charge in [-0.25, -0.2) is 9.78 Å². The Hall–Kier alpha value is -3.98. The standard InChI is InChI=1S/C27H26N6O2S/c1-4-14-32-24(30-31-27(32)36-18(3)25(34)33-15-13-28-26(33)35)21-16-23(19-11-9-17(2)10-12-19)29-22-8-6-5-7-20(21)22/h4-12,16,18H,1,13-15H2,2-3H3,(H,28,35)/t18-/m0/s1. The number of pyridine rings is 1. The molecule has 1 aliphatic heterocycles. The Balaban J connectivity index is 1.56. The fourth-order valence-electron chi connectivity index (χ4n) is 4.21. The Bertz CT molecular complexity index is 1460. The summed E-state index contributed by atoms with van der Waals surface area (Å²) in [4.78, 5) is 31.0. The van der Waals surface area contributed by atoms with Crippen molar-refractivity contribution in [1.82, 2.24) is 30.0 Å². The summed E-state index contributed by atoms with van der Waals surface area (Å²) >= 11 is 1.28. The lowest BCUT2D eigenvalue weighted by atomic mass is 10.0. The summed E-state index contributed by atoms with van der Waals surface area (Å²) < 4.78 is 1.95. The van der Waals surface area contributed by atoms with E-state index in [1.165, 1.54) is 22.2 Å². The van der Waals surface area contributed by atoms with Gasteiger partial charge in [-0.05, 0) is 26.0 Å². The van der Waals surface area contributed by atoms with E-state index in [0.29, 0.717) is 30.6 Å². The van der Waals surface area contributed by atoms with Crippen molar-refractivity contribution in [2.45, 2.75) is 30.8 Å². The Morgan fingerprint density at radius 2 is 1.97 bits per heavy atom. The number of carbonyl (C=O) groups excluding carboxylic acids is 2. The zero-order valence-electron chi connectivity index (χ0n) is 20.1. The van der Waals surface area contributed by atoms with Crippen LogP contribution in [0.5, 0.6) is 0 Å². The van der Waals surface area contributed by atoms with Gasteiger partial charge in [0.05, 0.1) is 16.5 Å². The van der Waals surface area contributed by atoms with E-state index in [2.05, 4.69) is 53.3 Å². The minimum Gasteiger partial charge on any atom is -0.336 e. The number of thioether (sulfide) groups is 1. The van der Waals surface area contributed by atoms with Gasteiger partial charge in [-0.2, -0.15) is 0 Å². The van der Waals surface area contributed by atoms with Crippen LogP contribution >= 0.6 is 11.8 Å². The second kappa shape index (κ2) is 9.94. The first kappa shape index (κ1) is 23.7. The molecule has 3 amide bonds. The molecule has 0 bridgehead atoms. The molecular formula is C27H26N6O2S. The van der Waals surface area contributed by atoms with Gasteiger partial charge in [-0.1, -0.05) is 65.9 Å². The molecule has 8 nitrogen and oxygen atoms in total. The van der Waals surface area contributed by atoms with Crippen molar-refractivity contribution in [3.63, 3.8) is 0 Å². The maximum absolute atomic E-state index is 12.9. The zero-order valence-corrected chi connectivity index (χ0v) is 21.0. The van der Waals surface area contributed by atoms with E-state index in [0.717, 1.165) is 27.7 Å². The number of carbonyl (C=O) groups is 2. The van der Waals surface area contributed by atoms with Crippen molar-refractivity contribution >= 4 is 34.6 Å². The molecule has 1 saturated heterocycles. The number of nitrogens with zero attached hydrogens (tertiary/aromatic N) is 5. The molecule has 4 aromatic rings. The van der Waals surface area contributed by atoms with Gasteiger partial charge < -0.3 is 5.32 Å². The van der Waals surface area contributed by atoms with Crippen LogP contribution in [-0.4, -0.2) is 54.9 Å². The number of imide groups is 1. The van der Waals surface area contributed by atoms with Crippen LogP contribution in [0.2, 0.25) is 0 Å². The van der Waals surface area contributed by atoms with Crippen LogP contribution in [-0.2, 0) is 11.3 Å². The molecule has 9 heteroatoms. The molecule has 1 N–H and O–H groups in total. The van der Waals surface area contributed by atoms with Crippen LogP contribution in [0.15, 0.2) is 72.4 Å². The quantitative estimate of drug-likeness (QED) is 0.294. The zero-order chi connectivity index (χ0) is 25.2. The highest BCUT2D eigenvalue weighted by atomic mass is 32.2. The van der Waals surface area contributed by atoms with Crippen molar-refractivity contribution < 1.29 is 9.59 Å². The van der Waals surface area contributed by atoms with Gasteiger partial charge in [0.2, 0.25) is 5.91 Å². The third kappa shape index (κ3) is 4.49. The Labute approximate surface area is 213 Å². The Kier molecular flexibility index (Phi) is 6.56. The van der Waals surface area contributed by atoms with Crippen molar-refractivity contribution in [2.75, 3.05) is 13.1 Å². The van der Waals surface area contributed by atoms with Gasteiger partial charge in [-0.3, -0.25) is 14.3 Å². The largest absolute Gasteiger partial charge is 0.336 e. The molecule has 5 rings (SSSR count). The molecule has 182 valence electrons. The number of hydrogen-bond donors (Lipinski definition) is 1. The number of allylic oxidation sites excluding steroid dienone is 1. The number of aryl methyl sites for hydroxylation is 1. The maximum atomic E-state index is 12.9. The van der Waals surface area contributed by atoms with E-state index < -0.39 is 5.25 Å². The summed E-state index contributed by atoms with van der Waals surface area (Å²) in [5.41, 5.74) is 4.80. The first-order valence-corrected chi connectivity index (χ1v) is 12.6. The van der Waals surface area contributed by atoms with Gasteiger partial charge in [-0.15, -0.1) is 16.8 Å². The SMILES string of the molecule is C=CCn1c(S[C@@H](C)C(=O)N2CCNC2=O)nnc1-c1cc(-c2ccc(C)cc2)nc2ccccc12. The minimum absolute atomic E-state index is 0.249. The van der Waals surface area contributed by atoms with Crippen molar-refractivity contribution in [1.29, 1.82) is 0 Å². The second-order valence-electron chi connectivity index (χ2n) is 8.63. The first-order chi connectivity index (χ1) is 17.5. The summed E-state index contributed by atoms with van der Waals surface area (Å²) in [5, 5.41) is 12.7. The number of rotatable bonds is 7. The number of urea groups is 1. The molecule has 0 spiro atoms. The number of para-hydroxylation sites is 1. The summed E-state index contributed by atoms with van der Waals surface area (Å²) in [6.45, 7) is 9.05. The smallest absolute Gasteiger partial charge is 0.324 e. The molecule has 1 atom stereocenters. The van der Waals surface area contributed by atoms with Gasteiger partial charge in [0, 0.05) is 36.1 Å². The Morgan fingerprint density at radius 1 is 1.19 bits per heavy atom. The van der Waals surface area contributed by atoms with Crippen molar-refractivity contribution in [3.05, 3.63) is 72.8 Å². The molecule has 3 heterocycles. The number of fused-ring (bicyclic) bond motifs is 1. The Morgan fingerprint density at radius 3 is 2.69 bits per heavy atom. The van der Waals surface area contributed by atoms with E-state index in [9.17, 15) is 9.59 Å². The molecule has 2 aromatic heterocycles. The van der Waals surface area contributed by atoms with Gasteiger partial charge >= 0.3 is 6.03 Å². The molecule has 1 fully saturated rings. The number of hydrogen-bond acceptors (Lipinski definition) is 6. The summed E-state index contributed by atoms with van der Waals surface area (Å²) in [5.74, 6) is 0.420. The predicted molar refractivity (Wildman–Crippen MR) is 142 cm³/mol. The maximum Gasteiger partial charge on any atom is 0.324 e. The third-order valence-corrected chi connectivity index (χ3v) is 7.15. The van der Waals surface area contributed by atoms with Crippen LogP contribution in [0, 0.1) is 6.92 Å². The molecule has 0 saturated carbocycles. The highest BCUT2D eigenvalue weighted by molar-refractivity contribution is 8.00. The van der Waals surface area contributed by atoms with E-state index in [4.69, 9.17) is 4.98 Å². The van der Waals surface area contributed by atoms with Crippen LogP contribution in [0.3, 0.4) is 0 Å². The average Bonchev–Trinajstić information content (AvgIpc) is 3.49. The van der Waals surface area contributed by atoms with E-state index in [-0.39, 0.29) is 11.9 Å². The number of benzene rings is 2. The van der Waals surface area contributed by atoms with Crippen LogP contribution in [0.25, 0.3) is 33.5 Å². The van der Waals surface area contributed by atoms with Gasteiger partial charge in [0.25, 0.3) is 0 Å². The van der Waals surface area contributed by atoms with Crippen LogP contribution < -0.4 is 5.32 Å². The van der Waals surface area contributed by atoms with Gasteiger partial charge in [0.15, 0.2) is 11.0 Å². The number of nitrogens with one attached hydrogen (secondary N) is 1. The molecule has 2 aromatic carbocycles. The lowest BCUT2D eigenvalue weighted by molar-refractivity contribution is -0.126. The summed E-state index contributed by atoms with van der Waals surface area (Å²) in [7, 11) is 0. The van der Waals surface area contributed by atoms with Crippen LogP contribution in [0.4, 0.5) is 4.79 Å².